The fourth-order valence-electron chi connectivity index (χ4n) is 2.33. The summed E-state index contributed by atoms with van der Waals surface area (Å²) in [6.45, 7) is 5.29. The third-order valence-electron chi connectivity index (χ3n) is 3.41. The third-order valence-corrected chi connectivity index (χ3v) is 3.63. The monoisotopic (exact) mass is 291 g/mol. The first-order valence-electron chi connectivity index (χ1n) is 5.96. The van der Waals surface area contributed by atoms with Gasteiger partial charge < -0.3 is 15.6 Å². The van der Waals surface area contributed by atoms with Gasteiger partial charge in [-0.1, -0.05) is 18.5 Å². The van der Waals surface area contributed by atoms with Gasteiger partial charge in [0.2, 0.25) is 0 Å². The Kier molecular flexibility index (Phi) is 5.50. The van der Waals surface area contributed by atoms with E-state index in [0.717, 1.165) is 13.0 Å². The number of rotatable bonds is 2. The van der Waals surface area contributed by atoms with Gasteiger partial charge in [0.15, 0.2) is 0 Å². The van der Waals surface area contributed by atoms with Crippen LogP contribution < -0.4 is 10.6 Å². The van der Waals surface area contributed by atoms with E-state index >= 15 is 0 Å². The Morgan fingerprint density at radius 2 is 2.22 bits per heavy atom. The zero-order valence-corrected chi connectivity index (χ0v) is 12.1. The summed E-state index contributed by atoms with van der Waals surface area (Å²) >= 11 is 5.78. The first kappa shape index (κ1) is 15.3. The maximum Gasteiger partial charge on any atom is 0.268 e. The Morgan fingerprint density at radius 3 is 2.78 bits per heavy atom. The van der Waals surface area contributed by atoms with Crippen molar-refractivity contribution < 1.29 is 4.79 Å². The smallest absolute Gasteiger partial charge is 0.268 e. The van der Waals surface area contributed by atoms with Gasteiger partial charge in [-0.25, -0.2) is 0 Å². The molecule has 0 bridgehead atoms. The lowest BCUT2D eigenvalue weighted by atomic mass is 9.89. The van der Waals surface area contributed by atoms with Crippen LogP contribution in [-0.2, 0) is 0 Å². The van der Waals surface area contributed by atoms with E-state index in [1.54, 1.807) is 12.3 Å². The van der Waals surface area contributed by atoms with Crippen LogP contribution in [0.25, 0.3) is 0 Å². The molecule has 2 heterocycles. The van der Waals surface area contributed by atoms with Crippen molar-refractivity contribution in [3.63, 3.8) is 0 Å². The molecule has 0 aliphatic carbocycles. The minimum absolute atomic E-state index is 0. The van der Waals surface area contributed by atoms with Crippen molar-refractivity contribution in [1.29, 1.82) is 0 Å². The normalized spacial score (nSPS) is 27.4. The molecule has 3 unspecified atom stereocenters. The number of carbonyl (C=O) groups excluding carboxylic acids is 1. The van der Waals surface area contributed by atoms with Crippen LogP contribution in [-0.4, -0.2) is 29.5 Å². The molecule has 0 radical (unpaired) electrons. The molecule has 6 heteroatoms. The molecule has 1 aromatic rings. The maximum absolute atomic E-state index is 12.0. The first-order chi connectivity index (χ1) is 8.08. The fraction of sp³-hybridized carbons (Fsp3) is 0.583. The molecule has 1 aliphatic heterocycles. The molecule has 0 saturated carbocycles. The Morgan fingerprint density at radius 1 is 1.50 bits per heavy atom. The maximum atomic E-state index is 12.0. The zero-order valence-electron chi connectivity index (χ0n) is 10.5. The standard InChI is InChI=1S/C12H18ClN3O.ClH/c1-7-3-4-14-8(2)11(7)16-12(17)10-5-9(13)6-15-10;/h5-8,11,14-15H,3-4H2,1-2H3,(H,16,17);1H. The molecule has 102 valence electrons. The minimum Gasteiger partial charge on any atom is -0.356 e. The van der Waals surface area contributed by atoms with E-state index in [0.29, 0.717) is 22.7 Å². The highest BCUT2D eigenvalue weighted by atomic mass is 35.5. The van der Waals surface area contributed by atoms with Crippen LogP contribution in [0.15, 0.2) is 12.3 Å². The second kappa shape index (κ2) is 6.45. The van der Waals surface area contributed by atoms with Crippen molar-refractivity contribution in [3.8, 4) is 0 Å². The van der Waals surface area contributed by atoms with E-state index < -0.39 is 0 Å². The number of H-pyrrole nitrogens is 1. The third kappa shape index (κ3) is 3.40. The van der Waals surface area contributed by atoms with Crippen molar-refractivity contribution in [2.24, 2.45) is 5.92 Å². The Bertz CT molecular complexity index is 398. The van der Waals surface area contributed by atoms with Crippen molar-refractivity contribution in [3.05, 3.63) is 23.0 Å². The quantitative estimate of drug-likeness (QED) is 0.782. The van der Waals surface area contributed by atoms with Gasteiger partial charge in [-0.15, -0.1) is 12.4 Å². The number of carbonyl (C=O) groups is 1. The molecule has 1 aliphatic rings. The molecule has 1 fully saturated rings. The molecule has 1 aromatic heterocycles. The molecule has 1 saturated heterocycles. The molecule has 3 N–H and O–H groups in total. The fourth-order valence-corrected chi connectivity index (χ4v) is 2.50. The van der Waals surface area contributed by atoms with Gasteiger partial charge in [-0.3, -0.25) is 4.79 Å². The van der Waals surface area contributed by atoms with Gasteiger partial charge in [-0.2, -0.15) is 0 Å². The van der Waals surface area contributed by atoms with E-state index in [1.165, 1.54) is 0 Å². The van der Waals surface area contributed by atoms with Gasteiger partial charge in [0.25, 0.3) is 5.91 Å². The number of halogens is 2. The minimum atomic E-state index is -0.0932. The lowest BCUT2D eigenvalue weighted by Crippen LogP contribution is -2.55. The molecule has 0 spiro atoms. The van der Waals surface area contributed by atoms with Crippen molar-refractivity contribution in [2.75, 3.05) is 6.54 Å². The Balaban J connectivity index is 0.00000162. The molecule has 2 rings (SSSR count). The van der Waals surface area contributed by atoms with Gasteiger partial charge in [0, 0.05) is 18.3 Å². The summed E-state index contributed by atoms with van der Waals surface area (Å²) < 4.78 is 0. The highest BCUT2D eigenvalue weighted by molar-refractivity contribution is 6.30. The van der Waals surface area contributed by atoms with Gasteiger partial charge in [-0.05, 0) is 31.9 Å². The second-order valence-corrected chi connectivity index (χ2v) is 5.18. The number of nitrogens with one attached hydrogen (secondary N) is 3. The van der Waals surface area contributed by atoms with Crippen LogP contribution in [0.1, 0.15) is 30.8 Å². The van der Waals surface area contributed by atoms with Crippen LogP contribution in [0.4, 0.5) is 0 Å². The Hall–Kier alpha value is -0.710. The van der Waals surface area contributed by atoms with Crippen LogP contribution in [0.5, 0.6) is 0 Å². The van der Waals surface area contributed by atoms with Crippen LogP contribution in [0, 0.1) is 5.92 Å². The molecule has 3 atom stereocenters. The largest absolute Gasteiger partial charge is 0.356 e. The summed E-state index contributed by atoms with van der Waals surface area (Å²) in [5.74, 6) is 0.393. The molecule has 18 heavy (non-hydrogen) atoms. The zero-order chi connectivity index (χ0) is 12.4. The SMILES string of the molecule is CC1CCNC(C)C1NC(=O)c1cc(Cl)c[nH]1.Cl. The van der Waals surface area contributed by atoms with Gasteiger partial charge >= 0.3 is 0 Å². The van der Waals surface area contributed by atoms with E-state index in [2.05, 4.69) is 29.5 Å². The van der Waals surface area contributed by atoms with Crippen molar-refractivity contribution >= 4 is 29.9 Å². The topological polar surface area (TPSA) is 56.9 Å². The lowest BCUT2D eigenvalue weighted by molar-refractivity contribution is 0.0893. The summed E-state index contributed by atoms with van der Waals surface area (Å²) in [7, 11) is 0. The summed E-state index contributed by atoms with van der Waals surface area (Å²) in [6, 6.07) is 2.11. The molecule has 1 amide bonds. The summed E-state index contributed by atoms with van der Waals surface area (Å²) in [6.07, 6.45) is 2.70. The average molecular weight is 292 g/mol. The highest BCUT2D eigenvalue weighted by Gasteiger charge is 2.29. The number of hydrogen-bond donors (Lipinski definition) is 3. The number of aromatic nitrogens is 1. The van der Waals surface area contributed by atoms with Crippen LogP contribution in [0.2, 0.25) is 5.02 Å². The van der Waals surface area contributed by atoms with Crippen molar-refractivity contribution in [1.82, 2.24) is 15.6 Å². The molecule has 4 nitrogen and oxygen atoms in total. The number of amides is 1. The first-order valence-corrected chi connectivity index (χ1v) is 6.34. The predicted molar refractivity (Wildman–Crippen MR) is 75.6 cm³/mol. The number of piperidine rings is 1. The van der Waals surface area contributed by atoms with Gasteiger partial charge in [0.05, 0.1) is 5.02 Å². The van der Waals surface area contributed by atoms with Crippen molar-refractivity contribution in [2.45, 2.75) is 32.4 Å². The van der Waals surface area contributed by atoms with E-state index in [4.69, 9.17) is 11.6 Å². The summed E-state index contributed by atoms with van der Waals surface area (Å²) in [5.41, 5.74) is 0.514. The number of aromatic amines is 1. The average Bonchev–Trinajstić information content (AvgIpc) is 2.70. The van der Waals surface area contributed by atoms with Crippen LogP contribution >= 0.6 is 24.0 Å². The van der Waals surface area contributed by atoms with E-state index in [-0.39, 0.29) is 24.4 Å². The number of hydrogen-bond acceptors (Lipinski definition) is 2. The Labute approximate surface area is 118 Å². The summed E-state index contributed by atoms with van der Waals surface area (Å²) in [5, 5.41) is 6.98. The lowest BCUT2D eigenvalue weighted by Gasteiger charge is -2.35. The molecular formula is C12H19Cl2N3O. The summed E-state index contributed by atoms with van der Waals surface area (Å²) in [4.78, 5) is 14.8. The molecule has 0 aromatic carbocycles. The molecular weight excluding hydrogens is 273 g/mol. The predicted octanol–water partition coefficient (Wildman–Crippen LogP) is 2.21. The van der Waals surface area contributed by atoms with E-state index in [9.17, 15) is 4.79 Å². The van der Waals surface area contributed by atoms with E-state index in [1.807, 2.05) is 0 Å². The second-order valence-electron chi connectivity index (χ2n) is 4.74. The highest BCUT2D eigenvalue weighted by Crippen LogP contribution is 2.17. The van der Waals surface area contributed by atoms with Gasteiger partial charge in [0.1, 0.15) is 5.69 Å². The van der Waals surface area contributed by atoms with Crippen LogP contribution in [0.3, 0.4) is 0 Å².